The van der Waals surface area contributed by atoms with Crippen LogP contribution in [0.1, 0.15) is 40.5 Å². The molecule has 0 radical (unpaired) electrons. The molecule has 0 aliphatic rings. The van der Waals surface area contributed by atoms with E-state index in [1.807, 2.05) is 0 Å². The molecule has 0 aliphatic carbocycles. The predicted molar refractivity (Wildman–Crippen MR) is 70.6 cm³/mol. The van der Waals surface area contributed by atoms with Crippen LogP contribution in [0.3, 0.4) is 0 Å². The van der Waals surface area contributed by atoms with Crippen molar-refractivity contribution in [2.45, 2.75) is 52.6 Å². The average Bonchev–Trinajstić information content (AvgIpc) is 2.21. The Morgan fingerprint density at radius 1 is 1.25 bits per heavy atom. The molecule has 3 nitrogen and oxygen atoms in total. The van der Waals surface area contributed by atoms with Crippen molar-refractivity contribution in [3.8, 4) is 0 Å². The van der Waals surface area contributed by atoms with Crippen LogP contribution in [0, 0.1) is 5.92 Å². The summed E-state index contributed by atoms with van der Waals surface area (Å²) in [5.74, 6) is 0.677. The summed E-state index contributed by atoms with van der Waals surface area (Å²) in [5.41, 5.74) is 6.16. The Hall–Kier alpha value is -0.120. The Morgan fingerprint density at radius 2 is 1.88 bits per heavy atom. The van der Waals surface area contributed by atoms with Gasteiger partial charge in [0.05, 0.1) is 6.61 Å². The molecule has 16 heavy (non-hydrogen) atoms. The lowest BCUT2D eigenvalue weighted by Crippen LogP contribution is -2.44. The fraction of sp³-hybridized carbons (Fsp3) is 1.00. The van der Waals surface area contributed by atoms with Crippen molar-refractivity contribution in [3.05, 3.63) is 0 Å². The molecule has 0 aliphatic heterocycles. The van der Waals surface area contributed by atoms with Crippen molar-refractivity contribution in [3.63, 3.8) is 0 Å². The quantitative estimate of drug-likeness (QED) is 0.659. The molecule has 2 atom stereocenters. The second-order valence-corrected chi connectivity index (χ2v) is 5.13. The van der Waals surface area contributed by atoms with Crippen LogP contribution >= 0.6 is 0 Å². The van der Waals surface area contributed by atoms with E-state index in [2.05, 4.69) is 32.6 Å². The van der Waals surface area contributed by atoms with Gasteiger partial charge in [0.2, 0.25) is 0 Å². The third-order valence-electron chi connectivity index (χ3n) is 3.04. The van der Waals surface area contributed by atoms with Crippen LogP contribution in [0.15, 0.2) is 0 Å². The van der Waals surface area contributed by atoms with Crippen molar-refractivity contribution in [1.82, 2.24) is 4.90 Å². The van der Waals surface area contributed by atoms with E-state index in [1.54, 1.807) is 7.11 Å². The van der Waals surface area contributed by atoms with E-state index in [4.69, 9.17) is 10.5 Å². The highest BCUT2D eigenvalue weighted by Crippen LogP contribution is 2.08. The van der Waals surface area contributed by atoms with Crippen molar-refractivity contribution in [1.29, 1.82) is 0 Å². The Kier molecular flexibility index (Phi) is 8.90. The summed E-state index contributed by atoms with van der Waals surface area (Å²) in [6.07, 6.45) is 2.26. The van der Waals surface area contributed by atoms with Gasteiger partial charge in [-0.25, -0.2) is 0 Å². The number of nitrogens with two attached hydrogens (primary N) is 1. The summed E-state index contributed by atoms with van der Waals surface area (Å²) in [4.78, 5) is 2.44. The number of methoxy groups -OCH3 is 1. The van der Waals surface area contributed by atoms with Crippen LogP contribution in [0.4, 0.5) is 0 Å². The third kappa shape index (κ3) is 7.20. The normalized spacial score (nSPS) is 15.8. The topological polar surface area (TPSA) is 38.5 Å². The first-order valence-corrected chi connectivity index (χ1v) is 6.49. The lowest BCUT2D eigenvalue weighted by Gasteiger charge is -2.31. The molecule has 0 spiro atoms. The summed E-state index contributed by atoms with van der Waals surface area (Å²) in [7, 11) is 1.75. The molecule has 0 rings (SSSR count). The van der Waals surface area contributed by atoms with E-state index in [0.29, 0.717) is 12.0 Å². The number of rotatable bonds is 9. The Labute approximate surface area is 101 Å². The summed E-state index contributed by atoms with van der Waals surface area (Å²) in [6, 6.07) is 0.874. The number of hydrogen-bond acceptors (Lipinski definition) is 3. The van der Waals surface area contributed by atoms with Gasteiger partial charge < -0.3 is 10.5 Å². The van der Waals surface area contributed by atoms with Crippen LogP contribution in [0.2, 0.25) is 0 Å². The van der Waals surface area contributed by atoms with Crippen LogP contribution < -0.4 is 5.73 Å². The molecule has 0 aromatic rings. The second kappa shape index (κ2) is 8.97. The Morgan fingerprint density at radius 3 is 2.31 bits per heavy atom. The molecule has 0 amide bonds. The maximum absolute atomic E-state index is 6.16. The molecule has 0 saturated carbocycles. The highest BCUT2D eigenvalue weighted by atomic mass is 16.5. The molecule has 3 heteroatoms. The predicted octanol–water partition coefficient (Wildman–Crippen LogP) is 2.11. The first-order chi connectivity index (χ1) is 7.51. The van der Waals surface area contributed by atoms with E-state index >= 15 is 0 Å². The zero-order valence-corrected chi connectivity index (χ0v) is 11.7. The van der Waals surface area contributed by atoms with Crippen molar-refractivity contribution in [2.75, 3.05) is 26.8 Å². The van der Waals surface area contributed by atoms with Gasteiger partial charge in [0.15, 0.2) is 0 Å². The number of ether oxygens (including phenoxy) is 1. The zero-order chi connectivity index (χ0) is 12.6. The van der Waals surface area contributed by atoms with E-state index in [-0.39, 0.29) is 6.04 Å². The zero-order valence-electron chi connectivity index (χ0n) is 11.7. The van der Waals surface area contributed by atoms with E-state index in [0.717, 1.165) is 32.5 Å². The van der Waals surface area contributed by atoms with E-state index in [1.165, 1.54) is 0 Å². The van der Waals surface area contributed by atoms with Gasteiger partial charge in [0.1, 0.15) is 0 Å². The fourth-order valence-electron chi connectivity index (χ4n) is 1.94. The van der Waals surface area contributed by atoms with Crippen LogP contribution in [-0.2, 0) is 4.74 Å². The summed E-state index contributed by atoms with van der Waals surface area (Å²) in [5, 5.41) is 0. The largest absolute Gasteiger partial charge is 0.383 e. The van der Waals surface area contributed by atoms with Crippen molar-refractivity contribution >= 4 is 0 Å². The Bertz CT molecular complexity index is 162. The van der Waals surface area contributed by atoms with E-state index < -0.39 is 0 Å². The van der Waals surface area contributed by atoms with Crippen LogP contribution in [-0.4, -0.2) is 43.8 Å². The monoisotopic (exact) mass is 230 g/mol. The number of hydrogen-bond donors (Lipinski definition) is 1. The summed E-state index contributed by atoms with van der Waals surface area (Å²) >= 11 is 0. The SMILES string of the molecule is CCC(C)N(CCOC)CC(N)CC(C)C. The van der Waals surface area contributed by atoms with Gasteiger partial charge in [-0.2, -0.15) is 0 Å². The lowest BCUT2D eigenvalue weighted by molar-refractivity contribution is 0.116. The molecular formula is C13H30N2O. The van der Waals surface area contributed by atoms with Gasteiger partial charge in [0, 0.05) is 32.3 Å². The van der Waals surface area contributed by atoms with Gasteiger partial charge >= 0.3 is 0 Å². The minimum atomic E-state index is 0.283. The maximum Gasteiger partial charge on any atom is 0.0589 e. The molecule has 0 aromatic carbocycles. The molecule has 2 unspecified atom stereocenters. The van der Waals surface area contributed by atoms with Crippen molar-refractivity contribution < 1.29 is 4.74 Å². The number of nitrogens with zero attached hydrogens (tertiary/aromatic N) is 1. The smallest absolute Gasteiger partial charge is 0.0589 e. The maximum atomic E-state index is 6.16. The summed E-state index contributed by atoms with van der Waals surface area (Å²) in [6.45, 7) is 11.7. The van der Waals surface area contributed by atoms with Crippen LogP contribution in [0.25, 0.3) is 0 Å². The highest BCUT2D eigenvalue weighted by molar-refractivity contribution is 4.73. The lowest BCUT2D eigenvalue weighted by atomic mass is 10.0. The molecule has 98 valence electrons. The molecular weight excluding hydrogens is 200 g/mol. The fourth-order valence-corrected chi connectivity index (χ4v) is 1.94. The standard InChI is InChI=1S/C13H30N2O/c1-6-12(4)15(7-8-16-5)10-13(14)9-11(2)3/h11-13H,6-10,14H2,1-5H3. The van der Waals surface area contributed by atoms with Crippen LogP contribution in [0.5, 0.6) is 0 Å². The first kappa shape index (κ1) is 15.9. The molecule has 2 N–H and O–H groups in total. The van der Waals surface area contributed by atoms with Gasteiger partial charge in [-0.1, -0.05) is 20.8 Å². The summed E-state index contributed by atoms with van der Waals surface area (Å²) < 4.78 is 5.15. The van der Waals surface area contributed by atoms with E-state index in [9.17, 15) is 0 Å². The van der Waals surface area contributed by atoms with Gasteiger partial charge in [-0.3, -0.25) is 4.90 Å². The minimum absolute atomic E-state index is 0.283. The first-order valence-electron chi connectivity index (χ1n) is 6.49. The van der Waals surface area contributed by atoms with Gasteiger partial charge in [-0.05, 0) is 25.7 Å². The Balaban J connectivity index is 4.07. The third-order valence-corrected chi connectivity index (χ3v) is 3.04. The van der Waals surface area contributed by atoms with Crippen molar-refractivity contribution in [2.24, 2.45) is 11.7 Å². The molecule has 0 aromatic heterocycles. The average molecular weight is 230 g/mol. The molecule has 0 saturated heterocycles. The highest BCUT2D eigenvalue weighted by Gasteiger charge is 2.16. The molecule has 0 fully saturated rings. The molecule has 0 bridgehead atoms. The van der Waals surface area contributed by atoms with Gasteiger partial charge in [-0.15, -0.1) is 0 Å². The minimum Gasteiger partial charge on any atom is -0.383 e. The second-order valence-electron chi connectivity index (χ2n) is 5.13. The van der Waals surface area contributed by atoms with Gasteiger partial charge in [0.25, 0.3) is 0 Å². The molecule has 0 heterocycles.